The van der Waals surface area contributed by atoms with Crippen LogP contribution in [-0.2, 0) is 4.74 Å². The van der Waals surface area contributed by atoms with Gasteiger partial charge < -0.3 is 9.47 Å². The number of anilines is 1. The van der Waals surface area contributed by atoms with Gasteiger partial charge in [-0.25, -0.2) is 4.98 Å². The minimum absolute atomic E-state index is 0.0427. The largest absolute Gasteiger partial charge is 0.497 e. The molecule has 4 aromatic rings. The maximum absolute atomic E-state index is 13.7. The number of fused-ring (bicyclic) bond motifs is 1. The van der Waals surface area contributed by atoms with E-state index in [1.807, 2.05) is 65.6 Å². The highest BCUT2D eigenvalue weighted by Gasteiger charge is 2.23. The van der Waals surface area contributed by atoms with Gasteiger partial charge in [0.05, 0.1) is 30.5 Å². The molecule has 2 heterocycles. The Bertz CT molecular complexity index is 1250. The van der Waals surface area contributed by atoms with Crippen LogP contribution in [0.5, 0.6) is 5.75 Å². The molecule has 1 fully saturated rings. The van der Waals surface area contributed by atoms with Crippen LogP contribution in [0.15, 0.2) is 72.8 Å². The van der Waals surface area contributed by atoms with Gasteiger partial charge in [0.25, 0.3) is 5.91 Å². The van der Waals surface area contributed by atoms with Crippen molar-refractivity contribution in [2.24, 2.45) is 0 Å². The second kappa shape index (κ2) is 10.3. The fourth-order valence-corrected chi connectivity index (χ4v) is 5.10. The second-order valence-electron chi connectivity index (χ2n) is 8.18. The Balaban J connectivity index is 1.42. The fourth-order valence-electron chi connectivity index (χ4n) is 4.08. The van der Waals surface area contributed by atoms with Gasteiger partial charge in [-0.05, 0) is 41.5 Å². The molecule has 0 unspecified atom stereocenters. The third kappa shape index (κ3) is 4.97. The Morgan fingerprint density at radius 1 is 1.03 bits per heavy atom. The van der Waals surface area contributed by atoms with Crippen LogP contribution in [0.4, 0.5) is 5.13 Å². The van der Waals surface area contributed by atoms with Crippen LogP contribution >= 0.6 is 11.3 Å². The summed E-state index contributed by atoms with van der Waals surface area (Å²) in [6, 6.07) is 23.8. The van der Waals surface area contributed by atoms with Gasteiger partial charge in [0.15, 0.2) is 5.13 Å². The number of methoxy groups -OCH3 is 1. The standard InChI is InChI=1S/C27H27N3O3S/c1-32-23-11-12-24-25(19-23)34-27(28-24)30(14-13-29-15-17-33-18-16-29)26(31)22-9-7-21(8-10-22)20-5-3-2-4-6-20/h2-12,19H,13-18H2,1H3. The highest BCUT2D eigenvalue weighted by Crippen LogP contribution is 2.32. The van der Waals surface area contributed by atoms with E-state index in [-0.39, 0.29) is 5.91 Å². The molecule has 34 heavy (non-hydrogen) atoms. The number of carbonyl (C=O) groups excluding carboxylic acids is 1. The number of carbonyl (C=O) groups is 1. The molecule has 1 aromatic heterocycles. The normalized spacial score (nSPS) is 14.3. The number of aromatic nitrogens is 1. The first-order valence-corrected chi connectivity index (χ1v) is 12.2. The first-order valence-electron chi connectivity index (χ1n) is 11.4. The average Bonchev–Trinajstić information content (AvgIpc) is 3.33. The van der Waals surface area contributed by atoms with Crippen LogP contribution in [0.2, 0.25) is 0 Å². The number of benzene rings is 3. The highest BCUT2D eigenvalue weighted by molar-refractivity contribution is 7.22. The zero-order chi connectivity index (χ0) is 23.3. The molecule has 5 rings (SSSR count). The van der Waals surface area contributed by atoms with E-state index in [4.69, 9.17) is 14.5 Å². The third-order valence-electron chi connectivity index (χ3n) is 6.04. The third-order valence-corrected chi connectivity index (χ3v) is 7.08. The fraction of sp³-hybridized carbons (Fsp3) is 0.259. The van der Waals surface area contributed by atoms with Crippen molar-refractivity contribution in [1.29, 1.82) is 0 Å². The van der Waals surface area contributed by atoms with Gasteiger partial charge >= 0.3 is 0 Å². The van der Waals surface area contributed by atoms with E-state index in [2.05, 4.69) is 17.0 Å². The van der Waals surface area contributed by atoms with E-state index >= 15 is 0 Å². The van der Waals surface area contributed by atoms with Crippen molar-refractivity contribution in [2.45, 2.75) is 0 Å². The zero-order valence-electron chi connectivity index (χ0n) is 19.1. The number of thiazole rings is 1. The molecule has 1 saturated heterocycles. The van der Waals surface area contributed by atoms with Crippen molar-refractivity contribution in [2.75, 3.05) is 51.4 Å². The van der Waals surface area contributed by atoms with Crippen LogP contribution in [0.1, 0.15) is 10.4 Å². The quantitative estimate of drug-likeness (QED) is 0.380. The van der Waals surface area contributed by atoms with E-state index in [0.29, 0.717) is 17.2 Å². The van der Waals surface area contributed by atoms with Crippen LogP contribution < -0.4 is 9.64 Å². The lowest BCUT2D eigenvalue weighted by atomic mass is 10.0. The van der Waals surface area contributed by atoms with Crippen molar-refractivity contribution in [3.63, 3.8) is 0 Å². The SMILES string of the molecule is COc1ccc2nc(N(CCN3CCOCC3)C(=O)c3ccc(-c4ccccc4)cc3)sc2c1. The summed E-state index contributed by atoms with van der Waals surface area (Å²) in [5.74, 6) is 0.740. The molecule has 3 aromatic carbocycles. The molecule has 0 atom stereocenters. The van der Waals surface area contributed by atoms with Gasteiger partial charge in [0.2, 0.25) is 0 Å². The van der Waals surface area contributed by atoms with Gasteiger partial charge in [0.1, 0.15) is 5.75 Å². The average molecular weight is 474 g/mol. The van der Waals surface area contributed by atoms with Gasteiger partial charge in [-0.15, -0.1) is 0 Å². The molecule has 1 amide bonds. The van der Waals surface area contributed by atoms with Crippen molar-refractivity contribution in [1.82, 2.24) is 9.88 Å². The van der Waals surface area contributed by atoms with E-state index in [0.717, 1.165) is 59.9 Å². The van der Waals surface area contributed by atoms with E-state index < -0.39 is 0 Å². The summed E-state index contributed by atoms with van der Waals surface area (Å²) in [6.45, 7) is 4.56. The van der Waals surface area contributed by atoms with Gasteiger partial charge in [-0.2, -0.15) is 0 Å². The number of amides is 1. The Hall–Kier alpha value is -3.26. The summed E-state index contributed by atoms with van der Waals surface area (Å²) in [6.07, 6.45) is 0. The van der Waals surface area contributed by atoms with E-state index in [1.54, 1.807) is 7.11 Å². The molecular weight excluding hydrogens is 446 g/mol. The lowest BCUT2D eigenvalue weighted by molar-refractivity contribution is 0.0391. The van der Waals surface area contributed by atoms with E-state index in [1.165, 1.54) is 11.3 Å². The summed E-state index contributed by atoms with van der Waals surface area (Å²) >= 11 is 1.52. The molecule has 1 aliphatic heterocycles. The van der Waals surface area contributed by atoms with Crippen LogP contribution in [0, 0.1) is 0 Å². The highest BCUT2D eigenvalue weighted by atomic mass is 32.1. The van der Waals surface area contributed by atoms with Crippen molar-refractivity contribution >= 4 is 32.6 Å². The number of ether oxygens (including phenoxy) is 2. The summed E-state index contributed by atoms with van der Waals surface area (Å²) in [5, 5.41) is 0.702. The Labute approximate surface area is 203 Å². The van der Waals surface area contributed by atoms with Crippen LogP contribution in [-0.4, -0.2) is 62.3 Å². The van der Waals surface area contributed by atoms with Crippen molar-refractivity contribution in [3.8, 4) is 16.9 Å². The first-order chi connectivity index (χ1) is 16.7. The number of nitrogens with zero attached hydrogens (tertiary/aromatic N) is 3. The molecule has 0 spiro atoms. The molecule has 0 N–H and O–H groups in total. The molecule has 0 bridgehead atoms. The van der Waals surface area contributed by atoms with Gasteiger partial charge in [-0.1, -0.05) is 53.8 Å². The molecule has 7 heteroatoms. The summed E-state index contributed by atoms with van der Waals surface area (Å²) < 4.78 is 11.8. The Morgan fingerprint density at radius 2 is 1.76 bits per heavy atom. The Morgan fingerprint density at radius 3 is 2.50 bits per heavy atom. The predicted molar refractivity (Wildman–Crippen MR) is 137 cm³/mol. The lowest BCUT2D eigenvalue weighted by Crippen LogP contribution is -2.43. The Kier molecular flexibility index (Phi) is 6.85. The summed E-state index contributed by atoms with van der Waals surface area (Å²) in [7, 11) is 1.65. The number of hydrogen-bond donors (Lipinski definition) is 0. The number of rotatable bonds is 7. The summed E-state index contributed by atoms with van der Waals surface area (Å²) in [5.41, 5.74) is 3.73. The molecule has 1 aliphatic rings. The molecule has 6 nitrogen and oxygen atoms in total. The number of morpholine rings is 1. The number of hydrogen-bond acceptors (Lipinski definition) is 6. The topological polar surface area (TPSA) is 54.9 Å². The maximum atomic E-state index is 13.7. The molecular formula is C27H27N3O3S. The maximum Gasteiger partial charge on any atom is 0.260 e. The first kappa shape index (κ1) is 22.5. The molecule has 0 saturated carbocycles. The van der Waals surface area contributed by atoms with Crippen LogP contribution in [0.3, 0.4) is 0 Å². The van der Waals surface area contributed by atoms with Crippen LogP contribution in [0.25, 0.3) is 21.3 Å². The minimum atomic E-state index is -0.0427. The minimum Gasteiger partial charge on any atom is -0.497 e. The zero-order valence-corrected chi connectivity index (χ0v) is 20.0. The molecule has 0 radical (unpaired) electrons. The van der Waals surface area contributed by atoms with Crippen molar-refractivity contribution in [3.05, 3.63) is 78.4 Å². The molecule has 174 valence electrons. The monoisotopic (exact) mass is 473 g/mol. The van der Waals surface area contributed by atoms with Gasteiger partial charge in [-0.3, -0.25) is 14.6 Å². The predicted octanol–water partition coefficient (Wildman–Crippen LogP) is 4.95. The summed E-state index contributed by atoms with van der Waals surface area (Å²) in [4.78, 5) is 22.6. The lowest BCUT2D eigenvalue weighted by Gasteiger charge is -2.29. The van der Waals surface area contributed by atoms with E-state index in [9.17, 15) is 4.79 Å². The van der Waals surface area contributed by atoms with Crippen molar-refractivity contribution < 1.29 is 14.3 Å². The van der Waals surface area contributed by atoms with Gasteiger partial charge in [0, 0.05) is 31.7 Å². The molecule has 0 aliphatic carbocycles. The second-order valence-corrected chi connectivity index (χ2v) is 9.19. The smallest absolute Gasteiger partial charge is 0.260 e.